The van der Waals surface area contributed by atoms with Crippen molar-refractivity contribution in [2.45, 2.75) is 59.1 Å². The number of nitrogens with two attached hydrogens (primary N) is 1. The maximum absolute atomic E-state index is 6.17. The second-order valence-corrected chi connectivity index (χ2v) is 5.88. The lowest BCUT2D eigenvalue weighted by atomic mass is 10.00. The molecule has 0 aliphatic carbocycles. The van der Waals surface area contributed by atoms with Gasteiger partial charge >= 0.3 is 0 Å². The Labute approximate surface area is 118 Å². The zero-order chi connectivity index (χ0) is 14.3. The Morgan fingerprint density at radius 2 is 1.74 bits per heavy atom. The van der Waals surface area contributed by atoms with Crippen LogP contribution in [0, 0.1) is 5.92 Å². The minimum atomic E-state index is -0.0209. The first-order valence-corrected chi connectivity index (χ1v) is 7.49. The zero-order valence-corrected chi connectivity index (χ0v) is 12.9. The van der Waals surface area contributed by atoms with Crippen LogP contribution >= 0.6 is 0 Å². The summed E-state index contributed by atoms with van der Waals surface area (Å²) < 4.78 is 5.77. The van der Waals surface area contributed by atoms with Gasteiger partial charge in [0.2, 0.25) is 0 Å². The van der Waals surface area contributed by atoms with Crippen LogP contribution in [0.1, 0.15) is 57.7 Å². The van der Waals surface area contributed by atoms with Crippen LogP contribution in [-0.2, 0) is 11.2 Å². The van der Waals surface area contributed by atoms with Gasteiger partial charge in [-0.3, -0.25) is 0 Å². The predicted octanol–water partition coefficient (Wildman–Crippen LogP) is 4.09. The molecule has 1 aromatic carbocycles. The van der Waals surface area contributed by atoms with E-state index in [1.54, 1.807) is 0 Å². The molecular weight excluding hydrogens is 234 g/mol. The maximum Gasteiger partial charge on any atom is 0.0662 e. The van der Waals surface area contributed by atoms with Crippen molar-refractivity contribution in [3.63, 3.8) is 0 Å². The van der Waals surface area contributed by atoms with Crippen LogP contribution in [0.5, 0.6) is 0 Å². The molecule has 1 aromatic rings. The van der Waals surface area contributed by atoms with Gasteiger partial charge in [0, 0.05) is 0 Å². The van der Waals surface area contributed by atoms with Crippen LogP contribution in [0.25, 0.3) is 0 Å². The monoisotopic (exact) mass is 263 g/mol. The lowest BCUT2D eigenvalue weighted by Crippen LogP contribution is -2.20. The summed E-state index contributed by atoms with van der Waals surface area (Å²) in [5.41, 5.74) is 8.71. The highest BCUT2D eigenvalue weighted by Crippen LogP contribution is 2.15. The molecule has 0 amide bonds. The molecule has 2 heteroatoms. The molecule has 2 unspecified atom stereocenters. The smallest absolute Gasteiger partial charge is 0.0662 e. The van der Waals surface area contributed by atoms with Crippen molar-refractivity contribution in [3.8, 4) is 0 Å². The maximum atomic E-state index is 6.17. The SMILES string of the molecule is CCCC(C)OCC(N)c1ccc(CC(C)C)cc1. The van der Waals surface area contributed by atoms with E-state index in [0.29, 0.717) is 18.6 Å². The second-order valence-electron chi connectivity index (χ2n) is 5.88. The number of rotatable bonds is 8. The summed E-state index contributed by atoms with van der Waals surface area (Å²) in [6, 6.07) is 8.62. The molecule has 0 aliphatic rings. The summed E-state index contributed by atoms with van der Waals surface area (Å²) >= 11 is 0. The molecule has 2 atom stereocenters. The van der Waals surface area contributed by atoms with Crippen LogP contribution in [0.15, 0.2) is 24.3 Å². The van der Waals surface area contributed by atoms with E-state index in [-0.39, 0.29) is 6.04 Å². The van der Waals surface area contributed by atoms with E-state index in [1.165, 1.54) is 5.56 Å². The van der Waals surface area contributed by atoms with Gasteiger partial charge < -0.3 is 10.5 Å². The van der Waals surface area contributed by atoms with Crippen LogP contribution in [-0.4, -0.2) is 12.7 Å². The minimum Gasteiger partial charge on any atom is -0.377 e. The Hall–Kier alpha value is -0.860. The van der Waals surface area contributed by atoms with Crippen LogP contribution < -0.4 is 5.73 Å². The quantitative estimate of drug-likeness (QED) is 0.766. The molecular formula is C17H29NO. The third kappa shape index (κ3) is 6.22. The van der Waals surface area contributed by atoms with Gasteiger partial charge in [0.25, 0.3) is 0 Å². The van der Waals surface area contributed by atoms with Crippen molar-refractivity contribution in [1.82, 2.24) is 0 Å². The van der Waals surface area contributed by atoms with Crippen molar-refractivity contribution < 1.29 is 4.74 Å². The van der Waals surface area contributed by atoms with E-state index in [2.05, 4.69) is 52.0 Å². The average Bonchev–Trinajstić information content (AvgIpc) is 2.36. The Bertz CT molecular complexity index is 345. The van der Waals surface area contributed by atoms with Gasteiger partial charge in [0.15, 0.2) is 0 Å². The molecule has 0 fully saturated rings. The normalized spacial score (nSPS) is 14.6. The predicted molar refractivity (Wildman–Crippen MR) is 82.2 cm³/mol. The van der Waals surface area contributed by atoms with E-state index in [9.17, 15) is 0 Å². The minimum absolute atomic E-state index is 0.0209. The molecule has 0 aliphatic heterocycles. The van der Waals surface area contributed by atoms with Crippen molar-refractivity contribution in [1.29, 1.82) is 0 Å². The fourth-order valence-electron chi connectivity index (χ4n) is 2.23. The fourth-order valence-corrected chi connectivity index (χ4v) is 2.23. The summed E-state index contributed by atoms with van der Waals surface area (Å²) in [5.74, 6) is 0.692. The van der Waals surface area contributed by atoms with Gasteiger partial charge in [-0.1, -0.05) is 51.5 Å². The van der Waals surface area contributed by atoms with E-state index in [1.807, 2.05) is 0 Å². The van der Waals surface area contributed by atoms with Crippen LogP contribution in [0.2, 0.25) is 0 Å². The molecule has 0 saturated carbocycles. The molecule has 0 saturated heterocycles. The zero-order valence-electron chi connectivity index (χ0n) is 12.9. The van der Waals surface area contributed by atoms with E-state index >= 15 is 0 Å². The molecule has 0 spiro atoms. The number of ether oxygens (including phenoxy) is 1. The highest BCUT2D eigenvalue weighted by molar-refractivity contribution is 5.25. The van der Waals surface area contributed by atoms with Gasteiger partial charge in [-0.2, -0.15) is 0 Å². The Morgan fingerprint density at radius 1 is 1.11 bits per heavy atom. The van der Waals surface area contributed by atoms with Crippen molar-refractivity contribution in [2.75, 3.05) is 6.61 Å². The molecule has 0 bridgehead atoms. The molecule has 0 heterocycles. The third-order valence-electron chi connectivity index (χ3n) is 3.31. The summed E-state index contributed by atoms with van der Waals surface area (Å²) in [6.07, 6.45) is 3.68. The van der Waals surface area contributed by atoms with Gasteiger partial charge in [0.05, 0.1) is 18.8 Å². The number of benzene rings is 1. The summed E-state index contributed by atoms with van der Waals surface area (Å²) in [6.45, 7) is 9.37. The molecule has 19 heavy (non-hydrogen) atoms. The molecule has 1 rings (SSSR count). The molecule has 2 N–H and O–H groups in total. The molecule has 0 radical (unpaired) electrons. The number of hydrogen-bond donors (Lipinski definition) is 1. The Balaban J connectivity index is 2.46. The summed E-state index contributed by atoms with van der Waals surface area (Å²) in [5, 5.41) is 0. The van der Waals surface area contributed by atoms with E-state index < -0.39 is 0 Å². The van der Waals surface area contributed by atoms with Gasteiger partial charge in [0.1, 0.15) is 0 Å². The van der Waals surface area contributed by atoms with Crippen molar-refractivity contribution in [2.24, 2.45) is 11.7 Å². The first kappa shape index (κ1) is 16.2. The van der Waals surface area contributed by atoms with E-state index in [4.69, 9.17) is 10.5 Å². The molecule has 2 nitrogen and oxygen atoms in total. The molecule has 108 valence electrons. The van der Waals surface area contributed by atoms with Crippen LogP contribution in [0.4, 0.5) is 0 Å². The van der Waals surface area contributed by atoms with Crippen molar-refractivity contribution in [3.05, 3.63) is 35.4 Å². The topological polar surface area (TPSA) is 35.2 Å². The summed E-state index contributed by atoms with van der Waals surface area (Å²) in [4.78, 5) is 0. The summed E-state index contributed by atoms with van der Waals surface area (Å²) in [7, 11) is 0. The standard InChI is InChI=1S/C17H29NO/c1-5-6-14(4)19-12-17(18)16-9-7-15(8-10-16)11-13(2)3/h7-10,13-14,17H,5-6,11-12,18H2,1-4H3. The lowest BCUT2D eigenvalue weighted by Gasteiger charge is -2.17. The number of hydrogen-bond acceptors (Lipinski definition) is 2. The first-order chi connectivity index (χ1) is 9.02. The average molecular weight is 263 g/mol. The molecule has 0 aromatic heterocycles. The van der Waals surface area contributed by atoms with Gasteiger partial charge in [-0.25, -0.2) is 0 Å². The van der Waals surface area contributed by atoms with Gasteiger partial charge in [-0.15, -0.1) is 0 Å². The largest absolute Gasteiger partial charge is 0.377 e. The highest BCUT2D eigenvalue weighted by Gasteiger charge is 2.09. The third-order valence-corrected chi connectivity index (χ3v) is 3.31. The van der Waals surface area contributed by atoms with Gasteiger partial charge in [-0.05, 0) is 36.8 Å². The highest BCUT2D eigenvalue weighted by atomic mass is 16.5. The Kier molecular flexibility index (Phi) is 7.11. The second kappa shape index (κ2) is 8.34. The van der Waals surface area contributed by atoms with Crippen LogP contribution in [0.3, 0.4) is 0 Å². The van der Waals surface area contributed by atoms with E-state index in [0.717, 1.165) is 24.8 Å². The lowest BCUT2D eigenvalue weighted by molar-refractivity contribution is 0.0503. The first-order valence-electron chi connectivity index (χ1n) is 7.49. The Morgan fingerprint density at radius 3 is 2.26 bits per heavy atom. The van der Waals surface area contributed by atoms with Crippen molar-refractivity contribution >= 4 is 0 Å². The fraction of sp³-hybridized carbons (Fsp3) is 0.647.